The second-order valence-electron chi connectivity index (χ2n) is 3.92. The van der Waals surface area contributed by atoms with E-state index in [1.807, 2.05) is 12.1 Å². The van der Waals surface area contributed by atoms with Gasteiger partial charge in [-0.25, -0.2) is 0 Å². The van der Waals surface area contributed by atoms with Gasteiger partial charge in [0.15, 0.2) is 0 Å². The van der Waals surface area contributed by atoms with Crippen molar-refractivity contribution in [3.05, 3.63) is 40.0 Å². The number of methoxy groups -OCH3 is 3. The molecule has 0 saturated heterocycles. The molecule has 0 heterocycles. The molecule has 0 saturated carbocycles. The highest BCUT2D eigenvalue weighted by Gasteiger charge is 2.14. The molecule has 20 heavy (non-hydrogen) atoms. The SMILES string of the molecule is COc1cc(OC)c(Sc2ccc(I)cc2)c(OC)c1. The third-order valence-electron chi connectivity index (χ3n) is 2.70. The molecule has 3 nitrogen and oxygen atoms in total. The van der Waals surface area contributed by atoms with Crippen LogP contribution in [0.15, 0.2) is 46.2 Å². The van der Waals surface area contributed by atoms with Gasteiger partial charge in [-0.05, 0) is 46.9 Å². The van der Waals surface area contributed by atoms with Gasteiger partial charge in [0.05, 0.1) is 26.2 Å². The highest BCUT2D eigenvalue weighted by molar-refractivity contribution is 14.1. The van der Waals surface area contributed by atoms with Crippen LogP contribution in [0.25, 0.3) is 0 Å². The van der Waals surface area contributed by atoms with Gasteiger partial charge in [0.25, 0.3) is 0 Å². The fourth-order valence-electron chi connectivity index (χ4n) is 1.69. The van der Waals surface area contributed by atoms with Gasteiger partial charge in [0.1, 0.15) is 17.2 Å². The van der Waals surface area contributed by atoms with E-state index < -0.39 is 0 Å². The van der Waals surface area contributed by atoms with E-state index in [4.69, 9.17) is 14.2 Å². The van der Waals surface area contributed by atoms with Crippen LogP contribution in [0.4, 0.5) is 0 Å². The maximum Gasteiger partial charge on any atom is 0.140 e. The minimum Gasteiger partial charge on any atom is -0.496 e. The molecule has 0 N–H and O–H groups in total. The molecule has 0 amide bonds. The summed E-state index contributed by atoms with van der Waals surface area (Å²) >= 11 is 3.90. The normalized spacial score (nSPS) is 10.2. The van der Waals surface area contributed by atoms with E-state index in [2.05, 4.69) is 46.9 Å². The number of ether oxygens (including phenoxy) is 3. The number of hydrogen-bond acceptors (Lipinski definition) is 4. The monoisotopic (exact) mass is 402 g/mol. The van der Waals surface area contributed by atoms with Crippen molar-refractivity contribution in [2.75, 3.05) is 21.3 Å². The minimum atomic E-state index is 0.714. The molecule has 0 radical (unpaired) electrons. The minimum absolute atomic E-state index is 0.714. The first-order valence-corrected chi connectivity index (χ1v) is 7.81. The van der Waals surface area contributed by atoms with Crippen LogP contribution in [-0.4, -0.2) is 21.3 Å². The topological polar surface area (TPSA) is 27.7 Å². The zero-order valence-electron chi connectivity index (χ0n) is 11.5. The molecule has 2 rings (SSSR count). The summed E-state index contributed by atoms with van der Waals surface area (Å²) in [4.78, 5) is 2.07. The lowest BCUT2D eigenvalue weighted by atomic mass is 10.3. The quantitative estimate of drug-likeness (QED) is 0.690. The summed E-state index contributed by atoms with van der Waals surface area (Å²) in [5.41, 5.74) is 0. The van der Waals surface area contributed by atoms with Gasteiger partial charge in [-0.2, -0.15) is 0 Å². The first kappa shape index (κ1) is 15.3. The van der Waals surface area contributed by atoms with E-state index in [-0.39, 0.29) is 0 Å². The first-order chi connectivity index (χ1) is 9.67. The molecule has 0 unspecified atom stereocenters. The van der Waals surface area contributed by atoms with Crippen LogP contribution >= 0.6 is 34.4 Å². The van der Waals surface area contributed by atoms with Crippen LogP contribution in [0.1, 0.15) is 0 Å². The summed E-state index contributed by atoms with van der Waals surface area (Å²) < 4.78 is 17.3. The van der Waals surface area contributed by atoms with E-state index >= 15 is 0 Å². The molecule has 5 heteroatoms. The summed E-state index contributed by atoms with van der Waals surface area (Å²) in [6.07, 6.45) is 0. The van der Waals surface area contributed by atoms with Crippen LogP contribution in [-0.2, 0) is 0 Å². The fraction of sp³-hybridized carbons (Fsp3) is 0.200. The Morgan fingerprint density at radius 2 is 1.40 bits per heavy atom. The summed E-state index contributed by atoms with van der Waals surface area (Å²) in [7, 11) is 4.92. The van der Waals surface area contributed by atoms with Crippen molar-refractivity contribution in [3.8, 4) is 17.2 Å². The van der Waals surface area contributed by atoms with Crippen molar-refractivity contribution in [2.24, 2.45) is 0 Å². The van der Waals surface area contributed by atoms with E-state index in [9.17, 15) is 0 Å². The molecule has 0 aliphatic rings. The van der Waals surface area contributed by atoms with E-state index in [1.54, 1.807) is 33.1 Å². The molecule has 0 fully saturated rings. The van der Waals surface area contributed by atoms with Crippen molar-refractivity contribution in [1.82, 2.24) is 0 Å². The molecular weight excluding hydrogens is 387 g/mol. The van der Waals surface area contributed by atoms with Crippen LogP contribution in [0.3, 0.4) is 0 Å². The largest absolute Gasteiger partial charge is 0.496 e. The Bertz CT molecular complexity index is 559. The summed E-state index contributed by atoms with van der Waals surface area (Å²) in [5.74, 6) is 2.19. The van der Waals surface area contributed by atoms with Crippen LogP contribution in [0, 0.1) is 3.57 Å². The Labute approximate surface area is 136 Å². The number of benzene rings is 2. The van der Waals surface area contributed by atoms with Crippen LogP contribution < -0.4 is 14.2 Å². The van der Waals surface area contributed by atoms with E-state index in [0.29, 0.717) is 5.75 Å². The molecule has 0 aliphatic heterocycles. The number of halogens is 1. The molecule has 106 valence electrons. The van der Waals surface area contributed by atoms with Crippen molar-refractivity contribution in [1.29, 1.82) is 0 Å². The van der Waals surface area contributed by atoms with E-state index in [1.165, 1.54) is 3.57 Å². The second kappa shape index (κ2) is 7.08. The Hall–Kier alpha value is -1.08. The number of hydrogen-bond donors (Lipinski definition) is 0. The van der Waals surface area contributed by atoms with Gasteiger partial charge >= 0.3 is 0 Å². The van der Waals surface area contributed by atoms with Gasteiger partial charge in [0.2, 0.25) is 0 Å². The molecule has 0 bridgehead atoms. The van der Waals surface area contributed by atoms with Crippen LogP contribution in [0.5, 0.6) is 17.2 Å². The zero-order valence-corrected chi connectivity index (χ0v) is 14.4. The van der Waals surface area contributed by atoms with E-state index in [0.717, 1.165) is 21.3 Å². The van der Waals surface area contributed by atoms with Gasteiger partial charge < -0.3 is 14.2 Å². The van der Waals surface area contributed by atoms with Gasteiger partial charge in [-0.3, -0.25) is 0 Å². The first-order valence-electron chi connectivity index (χ1n) is 5.91. The average Bonchev–Trinajstić information content (AvgIpc) is 2.49. The fourth-order valence-corrected chi connectivity index (χ4v) is 3.05. The number of rotatable bonds is 5. The average molecular weight is 402 g/mol. The van der Waals surface area contributed by atoms with Crippen molar-refractivity contribution < 1.29 is 14.2 Å². The maximum absolute atomic E-state index is 5.44. The smallest absolute Gasteiger partial charge is 0.140 e. The zero-order chi connectivity index (χ0) is 14.5. The van der Waals surface area contributed by atoms with Crippen molar-refractivity contribution in [2.45, 2.75) is 9.79 Å². The predicted octanol–water partition coefficient (Wildman–Crippen LogP) is 4.47. The summed E-state index contributed by atoms with van der Waals surface area (Å²) in [5, 5.41) is 0. The highest BCUT2D eigenvalue weighted by Crippen LogP contribution is 2.44. The predicted molar refractivity (Wildman–Crippen MR) is 89.4 cm³/mol. The molecule has 0 atom stereocenters. The molecule has 0 spiro atoms. The molecular formula is C15H15IO3S. The summed E-state index contributed by atoms with van der Waals surface area (Å²) in [6, 6.07) is 12.0. The molecule has 0 aliphatic carbocycles. The third-order valence-corrected chi connectivity index (χ3v) is 4.54. The Morgan fingerprint density at radius 1 is 0.850 bits per heavy atom. The summed E-state index contributed by atoms with van der Waals surface area (Å²) in [6.45, 7) is 0. The second-order valence-corrected chi connectivity index (χ2v) is 6.25. The van der Waals surface area contributed by atoms with Gasteiger partial charge in [-0.1, -0.05) is 11.8 Å². The standard InChI is InChI=1S/C15H15IO3S/c1-17-11-8-13(18-2)15(14(9-11)19-3)20-12-6-4-10(16)5-7-12/h4-9H,1-3H3. The lowest BCUT2D eigenvalue weighted by molar-refractivity contribution is 0.361. The van der Waals surface area contributed by atoms with Crippen LogP contribution in [0.2, 0.25) is 0 Å². The van der Waals surface area contributed by atoms with Gasteiger partial charge in [-0.15, -0.1) is 0 Å². The highest BCUT2D eigenvalue weighted by atomic mass is 127. The lowest BCUT2D eigenvalue weighted by Gasteiger charge is -2.14. The molecule has 0 aromatic heterocycles. The Morgan fingerprint density at radius 3 is 1.85 bits per heavy atom. The van der Waals surface area contributed by atoms with Crippen molar-refractivity contribution in [3.63, 3.8) is 0 Å². The third kappa shape index (κ3) is 3.52. The Balaban J connectivity index is 2.41. The molecule has 2 aromatic carbocycles. The lowest BCUT2D eigenvalue weighted by Crippen LogP contribution is -1.94. The van der Waals surface area contributed by atoms with Crippen molar-refractivity contribution >= 4 is 34.4 Å². The molecule has 2 aromatic rings. The Kier molecular flexibility index (Phi) is 5.42. The van der Waals surface area contributed by atoms with Gasteiger partial charge in [0, 0.05) is 20.6 Å². The maximum atomic E-state index is 5.44.